The standard InChI is InChI=1S/C17H11Cl2N5/c18-14-4-2-1-3-12(14)9-15-22-16(19)24-17(23-15)21-13-7-5-11(10-20)6-8-13/h1-8H,9H2,(H,21,22,23,24). The second-order valence-corrected chi connectivity index (χ2v) is 5.67. The SMILES string of the molecule is N#Cc1ccc(Nc2nc(Cl)nc(Cc3ccccc3Cl)n2)cc1. The predicted molar refractivity (Wildman–Crippen MR) is 93.5 cm³/mol. The summed E-state index contributed by atoms with van der Waals surface area (Å²) >= 11 is 12.2. The van der Waals surface area contributed by atoms with E-state index in [0.717, 1.165) is 11.3 Å². The highest BCUT2D eigenvalue weighted by atomic mass is 35.5. The average molecular weight is 356 g/mol. The summed E-state index contributed by atoms with van der Waals surface area (Å²) < 4.78 is 0. The van der Waals surface area contributed by atoms with Crippen molar-refractivity contribution in [1.82, 2.24) is 15.0 Å². The van der Waals surface area contributed by atoms with Gasteiger partial charge in [0, 0.05) is 17.1 Å². The number of aromatic nitrogens is 3. The zero-order valence-electron chi connectivity index (χ0n) is 12.4. The third-order valence-corrected chi connectivity index (χ3v) is 3.77. The molecule has 5 nitrogen and oxygen atoms in total. The van der Waals surface area contributed by atoms with E-state index in [1.165, 1.54) is 0 Å². The first kappa shape index (κ1) is 16.2. The maximum Gasteiger partial charge on any atom is 0.231 e. The van der Waals surface area contributed by atoms with Gasteiger partial charge < -0.3 is 5.32 Å². The molecule has 0 saturated carbocycles. The lowest BCUT2D eigenvalue weighted by atomic mass is 10.1. The van der Waals surface area contributed by atoms with Crippen molar-refractivity contribution in [1.29, 1.82) is 5.26 Å². The van der Waals surface area contributed by atoms with Gasteiger partial charge in [-0.3, -0.25) is 0 Å². The molecule has 3 aromatic rings. The van der Waals surface area contributed by atoms with Crippen molar-refractivity contribution < 1.29 is 0 Å². The minimum atomic E-state index is 0.100. The Bertz CT molecular complexity index is 904. The van der Waals surface area contributed by atoms with Crippen LogP contribution in [0.3, 0.4) is 0 Å². The lowest BCUT2D eigenvalue weighted by Crippen LogP contribution is -2.04. The molecule has 2 aromatic carbocycles. The Labute approximate surface area is 148 Å². The van der Waals surface area contributed by atoms with Gasteiger partial charge in [-0.05, 0) is 47.5 Å². The van der Waals surface area contributed by atoms with Crippen LogP contribution < -0.4 is 5.32 Å². The van der Waals surface area contributed by atoms with Gasteiger partial charge in [-0.25, -0.2) is 4.98 Å². The zero-order valence-corrected chi connectivity index (χ0v) is 13.9. The molecule has 1 heterocycles. The molecule has 0 spiro atoms. The van der Waals surface area contributed by atoms with Crippen LogP contribution >= 0.6 is 23.2 Å². The highest BCUT2D eigenvalue weighted by molar-refractivity contribution is 6.31. The first-order valence-electron chi connectivity index (χ1n) is 7.05. The first-order valence-corrected chi connectivity index (χ1v) is 7.80. The van der Waals surface area contributed by atoms with Gasteiger partial charge in [-0.1, -0.05) is 29.8 Å². The number of benzene rings is 2. The van der Waals surface area contributed by atoms with E-state index in [2.05, 4.69) is 26.3 Å². The van der Waals surface area contributed by atoms with Gasteiger partial charge >= 0.3 is 0 Å². The molecule has 118 valence electrons. The summed E-state index contributed by atoms with van der Waals surface area (Å²) in [5.41, 5.74) is 2.24. The van der Waals surface area contributed by atoms with E-state index in [9.17, 15) is 0 Å². The first-order chi connectivity index (χ1) is 11.6. The van der Waals surface area contributed by atoms with Crippen LogP contribution in [-0.4, -0.2) is 15.0 Å². The van der Waals surface area contributed by atoms with Crippen molar-refractivity contribution in [2.24, 2.45) is 0 Å². The van der Waals surface area contributed by atoms with E-state index in [0.29, 0.717) is 28.8 Å². The van der Waals surface area contributed by atoms with E-state index in [1.807, 2.05) is 24.3 Å². The quantitative estimate of drug-likeness (QED) is 0.751. The molecule has 0 bridgehead atoms. The molecule has 0 radical (unpaired) electrons. The van der Waals surface area contributed by atoms with Crippen molar-refractivity contribution >= 4 is 34.8 Å². The molecule has 0 saturated heterocycles. The van der Waals surface area contributed by atoms with Crippen LogP contribution in [0.1, 0.15) is 17.0 Å². The van der Waals surface area contributed by atoms with Crippen LogP contribution in [0.25, 0.3) is 0 Å². The Kier molecular flexibility index (Phi) is 4.90. The Morgan fingerprint density at radius 2 is 1.71 bits per heavy atom. The van der Waals surface area contributed by atoms with Crippen LogP contribution in [-0.2, 0) is 6.42 Å². The number of nitrogens with one attached hydrogen (secondary N) is 1. The van der Waals surface area contributed by atoms with Crippen molar-refractivity contribution in [3.63, 3.8) is 0 Å². The van der Waals surface area contributed by atoms with Crippen LogP contribution in [0.2, 0.25) is 10.3 Å². The Hall–Kier alpha value is -2.68. The normalized spacial score (nSPS) is 10.2. The number of halogens is 2. The summed E-state index contributed by atoms with van der Waals surface area (Å²) in [4.78, 5) is 12.6. The molecule has 0 aliphatic heterocycles. The minimum Gasteiger partial charge on any atom is -0.324 e. The molecule has 3 rings (SSSR count). The third-order valence-electron chi connectivity index (χ3n) is 3.23. The summed E-state index contributed by atoms with van der Waals surface area (Å²) in [5.74, 6) is 0.848. The second-order valence-electron chi connectivity index (χ2n) is 4.93. The predicted octanol–water partition coefficient (Wildman–Crippen LogP) is 4.38. The molecule has 1 aromatic heterocycles. The molecule has 7 heteroatoms. The average Bonchev–Trinajstić information content (AvgIpc) is 2.57. The van der Waals surface area contributed by atoms with Gasteiger partial charge in [0.15, 0.2) is 0 Å². The maximum absolute atomic E-state index is 8.82. The molecule has 0 atom stereocenters. The van der Waals surface area contributed by atoms with E-state index >= 15 is 0 Å². The number of nitrogens with zero attached hydrogens (tertiary/aromatic N) is 4. The number of rotatable bonds is 4. The lowest BCUT2D eigenvalue weighted by molar-refractivity contribution is 0.926. The van der Waals surface area contributed by atoms with E-state index in [4.69, 9.17) is 28.5 Å². The van der Waals surface area contributed by atoms with Crippen molar-refractivity contribution in [3.05, 3.63) is 75.8 Å². The van der Waals surface area contributed by atoms with E-state index < -0.39 is 0 Å². The molecular weight excluding hydrogens is 345 g/mol. The summed E-state index contributed by atoms with van der Waals surface area (Å²) in [6.07, 6.45) is 0.448. The van der Waals surface area contributed by atoms with Gasteiger partial charge in [0.25, 0.3) is 0 Å². The largest absolute Gasteiger partial charge is 0.324 e. The lowest BCUT2D eigenvalue weighted by Gasteiger charge is -2.08. The van der Waals surface area contributed by atoms with Gasteiger partial charge in [-0.2, -0.15) is 15.2 Å². The molecule has 0 aliphatic rings. The van der Waals surface area contributed by atoms with Crippen molar-refractivity contribution in [3.8, 4) is 6.07 Å². The van der Waals surface area contributed by atoms with Crippen LogP contribution in [0, 0.1) is 11.3 Å². The van der Waals surface area contributed by atoms with Crippen molar-refractivity contribution in [2.45, 2.75) is 6.42 Å². The highest BCUT2D eigenvalue weighted by Crippen LogP contribution is 2.20. The Balaban J connectivity index is 1.83. The van der Waals surface area contributed by atoms with Crippen LogP contribution in [0.4, 0.5) is 11.6 Å². The maximum atomic E-state index is 8.82. The zero-order chi connectivity index (χ0) is 16.9. The van der Waals surface area contributed by atoms with Crippen LogP contribution in [0.15, 0.2) is 48.5 Å². The van der Waals surface area contributed by atoms with Gasteiger partial charge in [-0.15, -0.1) is 0 Å². The molecule has 0 amide bonds. The summed E-state index contributed by atoms with van der Waals surface area (Å²) in [6.45, 7) is 0. The number of hydrogen-bond donors (Lipinski definition) is 1. The van der Waals surface area contributed by atoms with Gasteiger partial charge in [0.1, 0.15) is 5.82 Å². The fourth-order valence-electron chi connectivity index (χ4n) is 2.10. The molecule has 0 aliphatic carbocycles. The van der Waals surface area contributed by atoms with Gasteiger partial charge in [0.05, 0.1) is 11.6 Å². The van der Waals surface area contributed by atoms with Gasteiger partial charge in [0.2, 0.25) is 11.2 Å². The second kappa shape index (κ2) is 7.26. The monoisotopic (exact) mass is 355 g/mol. The minimum absolute atomic E-state index is 0.100. The summed E-state index contributed by atoms with van der Waals surface area (Å²) in [6, 6.07) is 16.5. The highest BCUT2D eigenvalue weighted by Gasteiger charge is 2.08. The summed E-state index contributed by atoms with van der Waals surface area (Å²) in [7, 11) is 0. The van der Waals surface area contributed by atoms with Crippen molar-refractivity contribution in [2.75, 3.05) is 5.32 Å². The Morgan fingerprint density at radius 3 is 2.42 bits per heavy atom. The number of hydrogen-bond acceptors (Lipinski definition) is 5. The third kappa shape index (κ3) is 3.99. The molecule has 24 heavy (non-hydrogen) atoms. The smallest absolute Gasteiger partial charge is 0.231 e. The number of anilines is 2. The molecule has 1 N–H and O–H groups in total. The van der Waals surface area contributed by atoms with Crippen LogP contribution in [0.5, 0.6) is 0 Å². The summed E-state index contributed by atoms with van der Waals surface area (Å²) in [5, 5.41) is 12.6. The van der Waals surface area contributed by atoms with E-state index in [1.54, 1.807) is 24.3 Å². The molecule has 0 unspecified atom stereocenters. The van der Waals surface area contributed by atoms with E-state index in [-0.39, 0.29) is 5.28 Å². The molecular formula is C17H11Cl2N5. The molecule has 0 fully saturated rings. The topological polar surface area (TPSA) is 74.5 Å². The Morgan fingerprint density at radius 1 is 0.958 bits per heavy atom. The fourth-order valence-corrected chi connectivity index (χ4v) is 2.48. The fraction of sp³-hybridized carbons (Fsp3) is 0.0588. The number of nitriles is 1.